The number of likely N-dealkylation sites (tertiary alicyclic amines) is 1. The maximum Gasteiger partial charge on any atom is 0.246 e. The second kappa shape index (κ2) is 10.7. The van der Waals surface area contributed by atoms with E-state index >= 15 is 0 Å². The Balaban J connectivity index is 1.54. The second-order valence-corrected chi connectivity index (χ2v) is 10.1. The molecule has 0 bridgehead atoms. The van der Waals surface area contributed by atoms with E-state index in [9.17, 15) is 18.0 Å². The smallest absolute Gasteiger partial charge is 0.246 e. The first-order chi connectivity index (χ1) is 15.7. The summed E-state index contributed by atoms with van der Waals surface area (Å²) >= 11 is 0. The quantitative estimate of drug-likeness (QED) is 0.595. The van der Waals surface area contributed by atoms with Crippen LogP contribution in [0.2, 0.25) is 0 Å². The number of aromatic nitrogens is 1. The Bertz CT molecular complexity index is 1080. The highest BCUT2D eigenvalue weighted by Crippen LogP contribution is 2.29. The predicted molar refractivity (Wildman–Crippen MR) is 125 cm³/mol. The third kappa shape index (κ3) is 6.28. The molecule has 1 aromatic carbocycles. The Hall–Kier alpha value is -3.02. The minimum atomic E-state index is -3.74. The number of carbonyl (C=O) groups is 2. The number of nitrogens with zero attached hydrogens (tertiary/aromatic N) is 3. The van der Waals surface area contributed by atoms with Crippen molar-refractivity contribution in [3.63, 3.8) is 0 Å². The van der Waals surface area contributed by atoms with E-state index in [1.165, 1.54) is 33.3 Å². The van der Waals surface area contributed by atoms with E-state index in [1.807, 2.05) is 11.0 Å². The van der Waals surface area contributed by atoms with Crippen molar-refractivity contribution in [3.8, 4) is 5.75 Å². The van der Waals surface area contributed by atoms with Crippen molar-refractivity contribution in [2.75, 3.05) is 51.5 Å². The number of hydrogen-bond acceptors (Lipinski definition) is 7. The molecule has 0 atom stereocenters. The molecule has 11 heteroatoms. The van der Waals surface area contributed by atoms with E-state index in [0.717, 1.165) is 4.31 Å². The van der Waals surface area contributed by atoms with Gasteiger partial charge < -0.3 is 15.4 Å². The molecule has 3 rings (SSSR count). The predicted octanol–water partition coefficient (Wildman–Crippen LogP) is 1.63. The molecule has 1 fully saturated rings. The lowest BCUT2D eigenvalue weighted by Gasteiger charge is -2.30. The van der Waals surface area contributed by atoms with E-state index in [0.29, 0.717) is 37.4 Å². The van der Waals surface area contributed by atoms with Crippen molar-refractivity contribution in [1.29, 1.82) is 0 Å². The number of amides is 2. The van der Waals surface area contributed by atoms with E-state index in [-0.39, 0.29) is 34.9 Å². The molecule has 1 aromatic heterocycles. The average Bonchev–Trinajstić information content (AvgIpc) is 2.80. The first-order valence-corrected chi connectivity index (χ1v) is 12.0. The molecule has 0 spiro atoms. The average molecular weight is 476 g/mol. The van der Waals surface area contributed by atoms with E-state index < -0.39 is 10.0 Å². The number of ether oxygens (including phenoxy) is 1. The Kier molecular flexibility index (Phi) is 8.01. The molecule has 1 aliphatic rings. The lowest BCUT2D eigenvalue weighted by molar-refractivity contribution is -0.121. The van der Waals surface area contributed by atoms with Crippen molar-refractivity contribution >= 4 is 33.3 Å². The lowest BCUT2D eigenvalue weighted by Crippen LogP contribution is -2.41. The van der Waals surface area contributed by atoms with Gasteiger partial charge in [-0.3, -0.25) is 14.5 Å². The molecule has 2 N–H and O–H groups in total. The maximum absolute atomic E-state index is 12.6. The van der Waals surface area contributed by atoms with Crippen LogP contribution in [0.5, 0.6) is 5.75 Å². The third-order valence-electron chi connectivity index (χ3n) is 5.45. The fraction of sp³-hybridized carbons (Fsp3) is 0.409. The van der Waals surface area contributed by atoms with Crippen molar-refractivity contribution in [2.24, 2.45) is 5.92 Å². The normalized spacial score (nSPS) is 15.3. The molecule has 0 saturated carbocycles. The molecule has 178 valence electrons. The number of sulfonamides is 1. The Morgan fingerprint density at radius 3 is 2.48 bits per heavy atom. The van der Waals surface area contributed by atoms with Gasteiger partial charge in [-0.05, 0) is 56.3 Å². The van der Waals surface area contributed by atoms with Gasteiger partial charge in [-0.15, -0.1) is 0 Å². The van der Waals surface area contributed by atoms with E-state index in [1.54, 1.807) is 24.4 Å². The number of carbonyl (C=O) groups excluding carboxylic acids is 2. The zero-order valence-electron chi connectivity index (χ0n) is 18.9. The van der Waals surface area contributed by atoms with Gasteiger partial charge in [0.25, 0.3) is 0 Å². The van der Waals surface area contributed by atoms with Gasteiger partial charge in [0.2, 0.25) is 21.8 Å². The number of hydrogen-bond donors (Lipinski definition) is 2. The molecule has 0 unspecified atom stereocenters. The fourth-order valence-electron chi connectivity index (χ4n) is 3.57. The van der Waals surface area contributed by atoms with Crippen molar-refractivity contribution in [3.05, 3.63) is 42.6 Å². The molecule has 1 saturated heterocycles. The molecule has 10 nitrogen and oxygen atoms in total. The Morgan fingerprint density at radius 1 is 1.15 bits per heavy atom. The lowest BCUT2D eigenvalue weighted by atomic mass is 9.96. The minimum Gasteiger partial charge on any atom is -0.495 e. The standard InChI is InChI=1S/C22H29N5O5S/c1-26(2)33(30,31)19-14-17(7-8-18(19)32-3)24-21(28)15-27-12-9-16(10-13-27)22(29)25-20-6-4-5-11-23-20/h4-8,11,14,16H,9-10,12-13,15H2,1-3H3,(H,24,28)(H,23,25,29). The van der Waals surface area contributed by atoms with Crippen LogP contribution in [-0.4, -0.2) is 75.3 Å². The van der Waals surface area contributed by atoms with Gasteiger partial charge in [0.05, 0.1) is 13.7 Å². The summed E-state index contributed by atoms with van der Waals surface area (Å²) in [7, 11) is 0.515. The highest BCUT2D eigenvalue weighted by Gasteiger charge is 2.27. The van der Waals surface area contributed by atoms with Crippen LogP contribution in [0.3, 0.4) is 0 Å². The van der Waals surface area contributed by atoms with Gasteiger partial charge in [0.1, 0.15) is 16.5 Å². The summed E-state index contributed by atoms with van der Waals surface area (Å²) in [6.45, 7) is 1.36. The molecule has 0 aliphatic carbocycles. The van der Waals surface area contributed by atoms with Gasteiger partial charge in [0, 0.05) is 31.9 Å². The Labute approximate surface area is 194 Å². The second-order valence-electron chi connectivity index (χ2n) is 7.96. The minimum absolute atomic E-state index is 0.0208. The van der Waals surface area contributed by atoms with Crippen molar-refractivity contribution in [1.82, 2.24) is 14.2 Å². The van der Waals surface area contributed by atoms with Gasteiger partial charge in [-0.25, -0.2) is 17.7 Å². The maximum atomic E-state index is 12.6. The van der Waals surface area contributed by atoms with Crippen LogP contribution in [0.1, 0.15) is 12.8 Å². The number of pyridine rings is 1. The van der Waals surface area contributed by atoms with Crippen molar-refractivity contribution < 1.29 is 22.7 Å². The van der Waals surface area contributed by atoms with Gasteiger partial charge in [-0.2, -0.15) is 0 Å². The molecule has 2 amide bonds. The molecule has 33 heavy (non-hydrogen) atoms. The Morgan fingerprint density at radius 2 is 1.88 bits per heavy atom. The van der Waals surface area contributed by atoms with E-state index in [2.05, 4.69) is 15.6 Å². The van der Waals surface area contributed by atoms with E-state index in [4.69, 9.17) is 4.74 Å². The zero-order chi connectivity index (χ0) is 24.0. The van der Waals surface area contributed by atoms with Crippen LogP contribution >= 0.6 is 0 Å². The van der Waals surface area contributed by atoms with Crippen LogP contribution in [-0.2, 0) is 19.6 Å². The number of benzene rings is 1. The van der Waals surface area contributed by atoms with Crippen LogP contribution in [0.15, 0.2) is 47.5 Å². The summed E-state index contributed by atoms with van der Waals surface area (Å²) in [5.41, 5.74) is 0.367. The van der Waals surface area contributed by atoms with Crippen LogP contribution in [0.25, 0.3) is 0 Å². The number of rotatable bonds is 8. The summed E-state index contributed by atoms with van der Waals surface area (Å²) in [6.07, 6.45) is 2.90. The molecule has 2 aromatic rings. The molecular formula is C22H29N5O5S. The van der Waals surface area contributed by atoms with Crippen LogP contribution < -0.4 is 15.4 Å². The van der Waals surface area contributed by atoms with Crippen LogP contribution in [0, 0.1) is 5.92 Å². The number of piperidine rings is 1. The van der Waals surface area contributed by atoms with Crippen molar-refractivity contribution in [2.45, 2.75) is 17.7 Å². The molecule has 1 aliphatic heterocycles. The topological polar surface area (TPSA) is 121 Å². The van der Waals surface area contributed by atoms with Gasteiger partial charge in [-0.1, -0.05) is 6.07 Å². The fourth-order valence-corrected chi connectivity index (χ4v) is 4.65. The highest BCUT2D eigenvalue weighted by molar-refractivity contribution is 7.89. The molecule has 0 radical (unpaired) electrons. The third-order valence-corrected chi connectivity index (χ3v) is 7.28. The summed E-state index contributed by atoms with van der Waals surface area (Å²) < 4.78 is 31.4. The summed E-state index contributed by atoms with van der Waals surface area (Å²) in [5, 5.41) is 5.58. The SMILES string of the molecule is COc1ccc(NC(=O)CN2CCC(C(=O)Nc3ccccn3)CC2)cc1S(=O)(=O)N(C)C. The summed E-state index contributed by atoms with van der Waals surface area (Å²) in [5.74, 6) is 0.273. The highest BCUT2D eigenvalue weighted by atomic mass is 32.2. The number of methoxy groups -OCH3 is 1. The largest absolute Gasteiger partial charge is 0.495 e. The van der Waals surface area contributed by atoms with Gasteiger partial charge >= 0.3 is 0 Å². The number of nitrogens with one attached hydrogen (secondary N) is 2. The summed E-state index contributed by atoms with van der Waals surface area (Å²) in [4.78, 5) is 31.1. The molecule has 2 heterocycles. The molecular weight excluding hydrogens is 446 g/mol. The zero-order valence-corrected chi connectivity index (χ0v) is 19.8. The first kappa shape index (κ1) is 24.6. The monoisotopic (exact) mass is 475 g/mol. The first-order valence-electron chi connectivity index (χ1n) is 10.6. The van der Waals surface area contributed by atoms with Gasteiger partial charge in [0.15, 0.2) is 0 Å². The summed E-state index contributed by atoms with van der Waals surface area (Å²) in [6, 6.07) is 9.84. The number of anilines is 2. The van der Waals surface area contributed by atoms with Crippen LogP contribution in [0.4, 0.5) is 11.5 Å².